The monoisotopic (exact) mass is 513 g/mol. The standard InChI is InChI=1S/C31H35N3O4/c1-18(2)23-9-7-10-24(15-23)20(4)32-30(35)25-13-14-28-27(16-25)19(3)21(5)34(28)17-26-11-8-12-29(33-26)38-22(6)31(36)37/h7-16,18,20,22H,17H2,1-6H3,(H,32,35)(H,36,37)/t20-,22?/m0/s1. The first-order valence-corrected chi connectivity index (χ1v) is 12.9. The van der Waals surface area contributed by atoms with Crippen LogP contribution in [0.2, 0.25) is 0 Å². The number of benzene rings is 2. The minimum absolute atomic E-state index is 0.113. The van der Waals surface area contributed by atoms with Crippen LogP contribution in [0.15, 0.2) is 60.7 Å². The normalized spacial score (nSPS) is 12.9. The van der Waals surface area contributed by atoms with Crippen LogP contribution in [0.3, 0.4) is 0 Å². The molecule has 2 aromatic carbocycles. The van der Waals surface area contributed by atoms with Gasteiger partial charge in [0.2, 0.25) is 5.88 Å². The number of aromatic nitrogens is 2. The molecule has 0 saturated heterocycles. The quantitative estimate of drug-likeness (QED) is 0.279. The molecule has 38 heavy (non-hydrogen) atoms. The third-order valence-electron chi connectivity index (χ3n) is 7.07. The number of ether oxygens (including phenoxy) is 1. The SMILES string of the molecule is Cc1c(C)n(Cc2cccc(OC(C)C(=O)O)n2)c2ccc(C(=O)N[C@@H](C)c3cccc(C(C)C)c3)cc12. The summed E-state index contributed by atoms with van der Waals surface area (Å²) in [6.45, 7) is 12.4. The van der Waals surface area contributed by atoms with Crippen LogP contribution < -0.4 is 10.1 Å². The average Bonchev–Trinajstić information content (AvgIpc) is 3.13. The van der Waals surface area contributed by atoms with Gasteiger partial charge in [0.1, 0.15) is 0 Å². The molecule has 0 aliphatic carbocycles. The number of rotatable bonds is 9. The number of hydrogen-bond acceptors (Lipinski definition) is 4. The maximum Gasteiger partial charge on any atom is 0.344 e. The first-order valence-electron chi connectivity index (χ1n) is 12.9. The average molecular weight is 514 g/mol. The second-order valence-corrected chi connectivity index (χ2v) is 10.1. The van der Waals surface area contributed by atoms with E-state index < -0.39 is 12.1 Å². The molecule has 2 aromatic heterocycles. The Kier molecular flexibility index (Phi) is 7.86. The van der Waals surface area contributed by atoms with Crippen molar-refractivity contribution in [3.8, 4) is 5.88 Å². The second-order valence-electron chi connectivity index (χ2n) is 10.1. The van der Waals surface area contributed by atoms with Crippen molar-refractivity contribution in [2.75, 3.05) is 0 Å². The van der Waals surface area contributed by atoms with E-state index >= 15 is 0 Å². The number of carbonyl (C=O) groups is 2. The first-order chi connectivity index (χ1) is 18.0. The van der Waals surface area contributed by atoms with Gasteiger partial charge in [-0.1, -0.05) is 44.2 Å². The summed E-state index contributed by atoms with van der Waals surface area (Å²) in [5.74, 6) is -0.458. The van der Waals surface area contributed by atoms with Gasteiger partial charge in [0.05, 0.1) is 18.3 Å². The van der Waals surface area contributed by atoms with Crippen LogP contribution in [-0.2, 0) is 11.3 Å². The highest BCUT2D eigenvalue weighted by molar-refractivity contribution is 5.99. The van der Waals surface area contributed by atoms with E-state index in [1.54, 1.807) is 12.1 Å². The Morgan fingerprint density at radius 1 is 0.974 bits per heavy atom. The number of amides is 1. The molecule has 0 bridgehead atoms. The lowest BCUT2D eigenvalue weighted by Gasteiger charge is -2.16. The van der Waals surface area contributed by atoms with Crippen LogP contribution in [0.5, 0.6) is 5.88 Å². The molecule has 4 rings (SSSR count). The summed E-state index contributed by atoms with van der Waals surface area (Å²) >= 11 is 0. The zero-order valence-corrected chi connectivity index (χ0v) is 22.8. The molecule has 0 fully saturated rings. The molecule has 0 spiro atoms. The van der Waals surface area contributed by atoms with Gasteiger partial charge in [0.15, 0.2) is 6.10 Å². The van der Waals surface area contributed by atoms with Crippen molar-refractivity contribution in [1.29, 1.82) is 0 Å². The van der Waals surface area contributed by atoms with E-state index in [9.17, 15) is 9.59 Å². The highest BCUT2D eigenvalue weighted by Gasteiger charge is 2.18. The summed E-state index contributed by atoms with van der Waals surface area (Å²) in [4.78, 5) is 28.8. The first kappa shape index (κ1) is 26.9. The Morgan fingerprint density at radius 3 is 2.39 bits per heavy atom. The number of nitrogens with one attached hydrogen (secondary N) is 1. The Labute approximate surface area is 223 Å². The van der Waals surface area contributed by atoms with Crippen LogP contribution in [0.4, 0.5) is 0 Å². The molecule has 0 radical (unpaired) electrons. The third-order valence-corrected chi connectivity index (χ3v) is 7.07. The van der Waals surface area contributed by atoms with Gasteiger partial charge in [-0.25, -0.2) is 9.78 Å². The Bertz CT molecular complexity index is 1490. The van der Waals surface area contributed by atoms with Gasteiger partial charge in [-0.3, -0.25) is 4.79 Å². The van der Waals surface area contributed by atoms with E-state index in [0.717, 1.165) is 33.4 Å². The number of carboxylic acids is 1. The van der Waals surface area contributed by atoms with Crippen molar-refractivity contribution >= 4 is 22.8 Å². The molecule has 4 aromatic rings. The predicted molar refractivity (Wildman–Crippen MR) is 149 cm³/mol. The van der Waals surface area contributed by atoms with Gasteiger partial charge in [0.25, 0.3) is 5.91 Å². The summed E-state index contributed by atoms with van der Waals surface area (Å²) < 4.78 is 7.59. The van der Waals surface area contributed by atoms with Gasteiger partial charge in [-0.2, -0.15) is 0 Å². The summed E-state index contributed by atoms with van der Waals surface area (Å²) in [5, 5.41) is 13.3. The number of fused-ring (bicyclic) bond motifs is 1. The van der Waals surface area contributed by atoms with E-state index in [4.69, 9.17) is 9.84 Å². The van der Waals surface area contributed by atoms with Gasteiger partial charge in [-0.05, 0) is 74.6 Å². The summed E-state index contributed by atoms with van der Waals surface area (Å²) in [5.41, 5.74) is 6.87. The summed E-state index contributed by atoms with van der Waals surface area (Å²) in [6, 6.07) is 19.4. The molecule has 0 saturated carbocycles. The van der Waals surface area contributed by atoms with Gasteiger partial charge >= 0.3 is 5.97 Å². The maximum atomic E-state index is 13.2. The minimum atomic E-state index is -1.04. The predicted octanol–water partition coefficient (Wildman–Crippen LogP) is 6.17. The van der Waals surface area contributed by atoms with E-state index in [1.165, 1.54) is 12.5 Å². The van der Waals surface area contributed by atoms with E-state index in [0.29, 0.717) is 18.0 Å². The van der Waals surface area contributed by atoms with Crippen molar-refractivity contribution in [2.24, 2.45) is 0 Å². The number of hydrogen-bond donors (Lipinski definition) is 2. The van der Waals surface area contributed by atoms with Crippen LogP contribution >= 0.6 is 0 Å². The number of nitrogens with zero attached hydrogens (tertiary/aromatic N) is 2. The summed E-state index contributed by atoms with van der Waals surface area (Å²) in [6.07, 6.45) is -0.986. The smallest absolute Gasteiger partial charge is 0.344 e. The number of pyridine rings is 1. The highest BCUT2D eigenvalue weighted by atomic mass is 16.5. The minimum Gasteiger partial charge on any atom is -0.479 e. The zero-order valence-electron chi connectivity index (χ0n) is 22.8. The zero-order chi connectivity index (χ0) is 27.6. The lowest BCUT2D eigenvalue weighted by Crippen LogP contribution is -2.26. The van der Waals surface area contributed by atoms with Gasteiger partial charge in [0, 0.05) is 28.2 Å². The molecule has 7 heteroatoms. The van der Waals surface area contributed by atoms with Gasteiger partial charge in [-0.15, -0.1) is 0 Å². The van der Waals surface area contributed by atoms with Crippen molar-refractivity contribution in [3.05, 3.63) is 94.3 Å². The molecule has 198 valence electrons. The molecule has 2 atom stereocenters. The lowest BCUT2D eigenvalue weighted by atomic mass is 9.98. The molecule has 7 nitrogen and oxygen atoms in total. The molecule has 0 aliphatic heterocycles. The maximum absolute atomic E-state index is 13.2. The van der Waals surface area contributed by atoms with E-state index in [-0.39, 0.29) is 17.8 Å². The molecule has 1 amide bonds. The van der Waals surface area contributed by atoms with Crippen LogP contribution in [0.25, 0.3) is 10.9 Å². The largest absolute Gasteiger partial charge is 0.479 e. The topological polar surface area (TPSA) is 93.4 Å². The Morgan fingerprint density at radius 2 is 1.68 bits per heavy atom. The number of carboxylic acid groups (broad SMARTS) is 1. The molecule has 1 unspecified atom stereocenters. The fourth-order valence-electron chi connectivity index (χ4n) is 4.55. The van der Waals surface area contributed by atoms with Gasteiger partial charge < -0.3 is 19.7 Å². The molecular weight excluding hydrogens is 478 g/mol. The molecule has 2 N–H and O–H groups in total. The van der Waals surface area contributed by atoms with E-state index in [1.807, 2.05) is 50.2 Å². The third kappa shape index (κ3) is 5.72. The van der Waals surface area contributed by atoms with Crippen LogP contribution in [0, 0.1) is 13.8 Å². The fraction of sp³-hybridized carbons (Fsp3) is 0.323. The van der Waals surface area contributed by atoms with Crippen LogP contribution in [0.1, 0.15) is 78.1 Å². The van der Waals surface area contributed by atoms with Crippen molar-refractivity contribution < 1.29 is 19.4 Å². The number of carbonyl (C=O) groups excluding carboxylic acids is 1. The second kappa shape index (κ2) is 11.1. The van der Waals surface area contributed by atoms with E-state index in [2.05, 4.69) is 47.8 Å². The highest BCUT2D eigenvalue weighted by Crippen LogP contribution is 2.28. The summed E-state index contributed by atoms with van der Waals surface area (Å²) in [7, 11) is 0. The molecule has 2 heterocycles. The lowest BCUT2D eigenvalue weighted by molar-refractivity contribution is -0.144. The number of aryl methyl sites for hydroxylation is 1. The number of aliphatic carboxylic acids is 1. The Hall–Kier alpha value is -4.13. The van der Waals surface area contributed by atoms with Crippen LogP contribution in [-0.4, -0.2) is 32.6 Å². The van der Waals surface area contributed by atoms with Crippen molar-refractivity contribution in [1.82, 2.24) is 14.9 Å². The molecule has 0 aliphatic rings. The Balaban J connectivity index is 1.56. The molecular formula is C31H35N3O4. The fourth-order valence-corrected chi connectivity index (χ4v) is 4.55. The van der Waals surface area contributed by atoms with Crippen molar-refractivity contribution in [3.63, 3.8) is 0 Å². The van der Waals surface area contributed by atoms with Crippen molar-refractivity contribution in [2.45, 2.75) is 66.2 Å².